The highest BCUT2D eigenvalue weighted by molar-refractivity contribution is 7.92. The zero-order valence-corrected chi connectivity index (χ0v) is 19.6. The van der Waals surface area contributed by atoms with Crippen molar-refractivity contribution >= 4 is 21.4 Å². The largest absolute Gasteiger partial charge is 0.497 e. The van der Waals surface area contributed by atoms with Gasteiger partial charge in [0.15, 0.2) is 0 Å². The number of rotatable bonds is 6. The fourth-order valence-electron chi connectivity index (χ4n) is 4.86. The van der Waals surface area contributed by atoms with E-state index in [0.717, 1.165) is 17.7 Å². The van der Waals surface area contributed by atoms with E-state index in [1.165, 1.54) is 20.3 Å². The lowest BCUT2D eigenvalue weighted by Crippen LogP contribution is -2.30. The second-order valence-electron chi connectivity index (χ2n) is 8.42. The molecule has 0 spiro atoms. The highest BCUT2D eigenvalue weighted by atomic mass is 32.2. The zero-order valence-electron chi connectivity index (χ0n) is 18.8. The van der Waals surface area contributed by atoms with E-state index in [4.69, 9.17) is 9.47 Å². The molecule has 2 aliphatic rings. The summed E-state index contributed by atoms with van der Waals surface area (Å²) in [7, 11) is -0.886. The molecule has 3 aromatic rings. The van der Waals surface area contributed by atoms with Crippen LogP contribution in [0.3, 0.4) is 0 Å². The molecule has 1 aliphatic carbocycles. The van der Waals surface area contributed by atoms with Gasteiger partial charge in [-0.2, -0.15) is 0 Å². The second-order valence-corrected chi connectivity index (χ2v) is 10.1. The topological polar surface area (TPSA) is 76.7 Å². The third-order valence-electron chi connectivity index (χ3n) is 6.54. The number of nitrogens with one attached hydrogen (secondary N) is 2. The maximum absolute atomic E-state index is 14.6. The van der Waals surface area contributed by atoms with Gasteiger partial charge in [-0.25, -0.2) is 12.8 Å². The number of allylic oxidation sites excluding steroid dienone is 2. The second kappa shape index (κ2) is 8.68. The third-order valence-corrected chi connectivity index (χ3v) is 7.90. The van der Waals surface area contributed by atoms with Gasteiger partial charge in [-0.1, -0.05) is 30.4 Å². The van der Waals surface area contributed by atoms with Crippen LogP contribution in [0.15, 0.2) is 77.7 Å². The van der Waals surface area contributed by atoms with Crippen molar-refractivity contribution in [2.24, 2.45) is 5.92 Å². The number of halogens is 1. The predicted octanol–water partition coefficient (Wildman–Crippen LogP) is 5.47. The predicted molar refractivity (Wildman–Crippen MR) is 130 cm³/mol. The Morgan fingerprint density at radius 1 is 1.00 bits per heavy atom. The standard InChI is InChI=1S/C26H25FN2O4S/c1-32-16-10-12-24(25(14-16)33-2)29-34(30,31)17-11-13-23-21(15-17)18-7-5-8-19(18)26(28-23)20-6-3-4-9-22(20)27/h3-7,9-15,18-19,26,28-29H,8H2,1-2H3/t18-,19+,26-/m0/s1. The number of methoxy groups -OCH3 is 2. The molecule has 0 fully saturated rings. The number of sulfonamides is 1. The van der Waals surface area contributed by atoms with E-state index in [2.05, 4.69) is 22.2 Å². The molecule has 0 aromatic heterocycles. The smallest absolute Gasteiger partial charge is 0.262 e. The Morgan fingerprint density at radius 2 is 1.82 bits per heavy atom. The molecule has 0 saturated heterocycles. The molecule has 0 saturated carbocycles. The minimum atomic E-state index is -3.88. The summed E-state index contributed by atoms with van der Waals surface area (Å²) in [6.07, 6.45) is 4.96. The van der Waals surface area contributed by atoms with Crippen molar-refractivity contribution in [3.8, 4) is 11.5 Å². The number of ether oxygens (including phenoxy) is 2. The van der Waals surface area contributed by atoms with E-state index in [0.29, 0.717) is 22.7 Å². The molecule has 3 aromatic carbocycles. The van der Waals surface area contributed by atoms with Gasteiger partial charge in [0.2, 0.25) is 0 Å². The first kappa shape index (κ1) is 22.3. The highest BCUT2D eigenvalue weighted by Gasteiger charge is 2.39. The summed E-state index contributed by atoms with van der Waals surface area (Å²) < 4.78 is 54.2. The molecular formula is C26H25FN2O4S. The van der Waals surface area contributed by atoms with E-state index in [9.17, 15) is 12.8 Å². The molecule has 0 radical (unpaired) electrons. The van der Waals surface area contributed by atoms with Crippen molar-refractivity contribution in [3.63, 3.8) is 0 Å². The van der Waals surface area contributed by atoms with Gasteiger partial charge in [0, 0.05) is 23.2 Å². The molecular weight excluding hydrogens is 455 g/mol. The first-order valence-electron chi connectivity index (χ1n) is 11.0. The van der Waals surface area contributed by atoms with Crippen molar-refractivity contribution in [1.29, 1.82) is 0 Å². The molecule has 176 valence electrons. The number of anilines is 2. The van der Waals surface area contributed by atoms with Crippen molar-refractivity contribution in [1.82, 2.24) is 0 Å². The fourth-order valence-corrected chi connectivity index (χ4v) is 5.97. The van der Waals surface area contributed by atoms with Crippen molar-refractivity contribution < 1.29 is 22.3 Å². The van der Waals surface area contributed by atoms with E-state index >= 15 is 0 Å². The van der Waals surface area contributed by atoms with Crippen LogP contribution in [0.2, 0.25) is 0 Å². The minimum absolute atomic E-state index is 0.00784. The lowest BCUT2D eigenvalue weighted by molar-refractivity contribution is 0.395. The zero-order chi connectivity index (χ0) is 23.9. The minimum Gasteiger partial charge on any atom is -0.497 e. The summed E-state index contributed by atoms with van der Waals surface area (Å²) in [5.41, 5.74) is 2.63. The van der Waals surface area contributed by atoms with Gasteiger partial charge in [0.05, 0.1) is 30.8 Å². The van der Waals surface area contributed by atoms with E-state index in [-0.39, 0.29) is 28.6 Å². The summed E-state index contributed by atoms with van der Waals surface area (Å²) in [5, 5.41) is 3.46. The summed E-state index contributed by atoms with van der Waals surface area (Å²) >= 11 is 0. The molecule has 2 N–H and O–H groups in total. The van der Waals surface area contributed by atoms with Crippen LogP contribution in [-0.2, 0) is 10.0 Å². The lowest BCUT2D eigenvalue weighted by Gasteiger charge is -2.37. The van der Waals surface area contributed by atoms with E-state index in [1.54, 1.807) is 48.5 Å². The van der Waals surface area contributed by atoms with Gasteiger partial charge in [-0.05, 0) is 54.3 Å². The van der Waals surface area contributed by atoms with Gasteiger partial charge in [-0.3, -0.25) is 4.72 Å². The van der Waals surface area contributed by atoms with Crippen LogP contribution in [0.4, 0.5) is 15.8 Å². The van der Waals surface area contributed by atoms with Gasteiger partial charge in [-0.15, -0.1) is 0 Å². The molecule has 1 heterocycles. The molecule has 6 nitrogen and oxygen atoms in total. The quantitative estimate of drug-likeness (QED) is 0.458. The molecule has 8 heteroatoms. The summed E-state index contributed by atoms with van der Waals surface area (Å²) in [4.78, 5) is 0.148. The first-order chi connectivity index (χ1) is 16.4. The molecule has 1 aliphatic heterocycles. The lowest BCUT2D eigenvalue weighted by atomic mass is 9.77. The van der Waals surface area contributed by atoms with Crippen LogP contribution >= 0.6 is 0 Å². The molecule has 0 amide bonds. The van der Waals surface area contributed by atoms with E-state index < -0.39 is 10.0 Å². The Bertz CT molecular complexity index is 1370. The normalized spacial score (nSPS) is 20.7. The Labute approximate surface area is 198 Å². The van der Waals surface area contributed by atoms with E-state index in [1.807, 2.05) is 6.07 Å². The van der Waals surface area contributed by atoms with Gasteiger partial charge in [0.25, 0.3) is 10.0 Å². The summed E-state index contributed by atoms with van der Waals surface area (Å²) in [6, 6.07) is 16.5. The Morgan fingerprint density at radius 3 is 2.59 bits per heavy atom. The van der Waals surface area contributed by atoms with Crippen LogP contribution in [0.5, 0.6) is 11.5 Å². The van der Waals surface area contributed by atoms with Crippen LogP contribution in [0.25, 0.3) is 0 Å². The summed E-state index contributed by atoms with van der Waals surface area (Å²) in [6.45, 7) is 0. The third kappa shape index (κ3) is 3.88. The molecule has 34 heavy (non-hydrogen) atoms. The summed E-state index contributed by atoms with van der Waals surface area (Å²) in [5.74, 6) is 0.756. The SMILES string of the molecule is COc1ccc(NS(=O)(=O)c2ccc3c(c2)[C@H]2C=CC[C@H]2[C@@H](c2ccccc2F)N3)c(OC)c1. The van der Waals surface area contributed by atoms with Crippen LogP contribution in [0, 0.1) is 11.7 Å². The van der Waals surface area contributed by atoms with Gasteiger partial charge in [0.1, 0.15) is 17.3 Å². The Hall–Kier alpha value is -3.52. The monoisotopic (exact) mass is 480 g/mol. The van der Waals surface area contributed by atoms with Crippen LogP contribution in [0.1, 0.15) is 29.5 Å². The van der Waals surface area contributed by atoms with Crippen LogP contribution in [-0.4, -0.2) is 22.6 Å². The number of hydrogen-bond donors (Lipinski definition) is 2. The molecule has 3 atom stereocenters. The average Bonchev–Trinajstić information content (AvgIpc) is 3.34. The number of fused-ring (bicyclic) bond motifs is 3. The molecule has 0 bridgehead atoms. The average molecular weight is 481 g/mol. The Balaban J connectivity index is 1.49. The van der Waals surface area contributed by atoms with Gasteiger partial charge >= 0.3 is 0 Å². The fraction of sp³-hybridized carbons (Fsp3) is 0.231. The molecule has 0 unspecified atom stereocenters. The van der Waals surface area contributed by atoms with Crippen molar-refractivity contribution in [2.45, 2.75) is 23.3 Å². The van der Waals surface area contributed by atoms with Crippen LogP contribution < -0.4 is 19.5 Å². The molecule has 5 rings (SSSR count). The van der Waals surface area contributed by atoms with Crippen molar-refractivity contribution in [2.75, 3.05) is 24.3 Å². The van der Waals surface area contributed by atoms with Crippen molar-refractivity contribution in [3.05, 3.63) is 89.8 Å². The first-order valence-corrected chi connectivity index (χ1v) is 12.5. The number of benzene rings is 3. The van der Waals surface area contributed by atoms with Gasteiger partial charge < -0.3 is 14.8 Å². The highest BCUT2D eigenvalue weighted by Crippen LogP contribution is 2.50. The Kier molecular flexibility index (Phi) is 5.69. The maximum Gasteiger partial charge on any atom is 0.262 e. The maximum atomic E-state index is 14.6. The number of hydrogen-bond acceptors (Lipinski definition) is 5.